The summed E-state index contributed by atoms with van der Waals surface area (Å²) < 4.78 is 0. The lowest BCUT2D eigenvalue weighted by molar-refractivity contribution is -0.152. The van der Waals surface area contributed by atoms with Crippen LogP contribution in [0.25, 0.3) is 0 Å². The van der Waals surface area contributed by atoms with Gasteiger partial charge in [-0.25, -0.2) is 0 Å². The number of nitrogens with one attached hydrogen (secondary N) is 1. The molecule has 1 rings (SSSR count). The maximum Gasteiger partial charge on any atom is 0.245 e. The van der Waals surface area contributed by atoms with Gasteiger partial charge in [0.25, 0.3) is 0 Å². The molecule has 1 aliphatic rings. The molecule has 0 radical (unpaired) electrons. The summed E-state index contributed by atoms with van der Waals surface area (Å²) in [4.78, 5) is 27.1. The number of nitrogens with zero attached hydrogens (tertiary/aromatic N) is 1. The smallest absolute Gasteiger partial charge is 0.245 e. The first kappa shape index (κ1) is 18.0. The fraction of sp³-hybridized carbons (Fsp3) is 0.882. The highest BCUT2D eigenvalue weighted by atomic mass is 16.2. The lowest BCUT2D eigenvalue weighted by atomic mass is 9.90. The van der Waals surface area contributed by atoms with Gasteiger partial charge < -0.3 is 10.2 Å². The van der Waals surface area contributed by atoms with E-state index in [1.54, 1.807) is 0 Å². The predicted molar refractivity (Wildman–Crippen MR) is 85.9 cm³/mol. The molecule has 0 bridgehead atoms. The molecule has 1 saturated heterocycles. The third-order valence-corrected chi connectivity index (χ3v) is 4.87. The first-order chi connectivity index (χ1) is 9.99. The van der Waals surface area contributed by atoms with Gasteiger partial charge in [0.2, 0.25) is 11.8 Å². The molecule has 122 valence electrons. The summed E-state index contributed by atoms with van der Waals surface area (Å²) in [6.07, 6.45) is 4.64. The van der Waals surface area contributed by atoms with E-state index in [4.69, 9.17) is 0 Å². The highest BCUT2D eigenvalue weighted by Crippen LogP contribution is 2.24. The van der Waals surface area contributed by atoms with Crippen LogP contribution in [0.2, 0.25) is 0 Å². The molecule has 3 atom stereocenters. The number of rotatable bonds is 8. The van der Waals surface area contributed by atoms with E-state index < -0.39 is 0 Å². The summed E-state index contributed by atoms with van der Waals surface area (Å²) in [5, 5.41) is 2.94. The molecular weight excluding hydrogens is 264 g/mol. The molecule has 4 nitrogen and oxygen atoms in total. The van der Waals surface area contributed by atoms with Crippen molar-refractivity contribution in [3.63, 3.8) is 0 Å². The maximum atomic E-state index is 12.8. The van der Waals surface area contributed by atoms with E-state index in [0.717, 1.165) is 32.1 Å². The number of hydrogen-bond acceptors (Lipinski definition) is 2. The molecule has 4 heteroatoms. The molecule has 1 heterocycles. The zero-order valence-electron chi connectivity index (χ0n) is 14.3. The van der Waals surface area contributed by atoms with Gasteiger partial charge in [-0.15, -0.1) is 0 Å². The minimum Gasteiger partial charge on any atom is -0.342 e. The van der Waals surface area contributed by atoms with Crippen molar-refractivity contribution in [3.8, 4) is 0 Å². The number of carbonyl (C=O) groups is 2. The Bertz CT molecular complexity index is 353. The molecule has 0 aliphatic carbocycles. The van der Waals surface area contributed by atoms with Crippen LogP contribution in [0.3, 0.4) is 0 Å². The number of piperazine rings is 1. The zero-order valence-corrected chi connectivity index (χ0v) is 14.3. The summed E-state index contributed by atoms with van der Waals surface area (Å²) in [5.74, 6) is 0.835. The summed E-state index contributed by atoms with van der Waals surface area (Å²) in [7, 11) is 0. The van der Waals surface area contributed by atoms with Crippen molar-refractivity contribution in [2.75, 3.05) is 6.54 Å². The number of hydrogen-bond donors (Lipinski definition) is 1. The Labute approximate surface area is 129 Å². The summed E-state index contributed by atoms with van der Waals surface area (Å²) in [6.45, 7) is 11.2. The van der Waals surface area contributed by atoms with E-state index in [-0.39, 0.29) is 29.8 Å². The van der Waals surface area contributed by atoms with E-state index in [1.807, 2.05) is 11.8 Å². The van der Waals surface area contributed by atoms with Gasteiger partial charge >= 0.3 is 0 Å². The molecule has 21 heavy (non-hydrogen) atoms. The first-order valence-electron chi connectivity index (χ1n) is 8.60. The molecule has 1 aliphatic heterocycles. The summed E-state index contributed by atoms with van der Waals surface area (Å²) >= 11 is 0. The topological polar surface area (TPSA) is 49.4 Å². The SMILES string of the molecule is CCCC1NC(=O)C(C(C)CC)N(CC(CC)CC)C1=O. The van der Waals surface area contributed by atoms with E-state index in [2.05, 4.69) is 33.0 Å². The van der Waals surface area contributed by atoms with Gasteiger partial charge in [-0.2, -0.15) is 0 Å². The molecule has 1 N–H and O–H groups in total. The average Bonchev–Trinajstić information content (AvgIpc) is 2.48. The Hall–Kier alpha value is -1.06. The van der Waals surface area contributed by atoms with Crippen molar-refractivity contribution in [2.24, 2.45) is 11.8 Å². The van der Waals surface area contributed by atoms with Crippen molar-refractivity contribution in [1.29, 1.82) is 0 Å². The van der Waals surface area contributed by atoms with Gasteiger partial charge in [0, 0.05) is 6.54 Å². The van der Waals surface area contributed by atoms with E-state index in [0.29, 0.717) is 12.5 Å². The molecule has 0 saturated carbocycles. The van der Waals surface area contributed by atoms with Crippen LogP contribution >= 0.6 is 0 Å². The second-order valence-corrected chi connectivity index (χ2v) is 6.35. The van der Waals surface area contributed by atoms with Gasteiger partial charge in [0.05, 0.1) is 0 Å². The number of carbonyl (C=O) groups excluding carboxylic acids is 2. The van der Waals surface area contributed by atoms with Crippen molar-refractivity contribution in [2.45, 2.75) is 78.8 Å². The minimum atomic E-state index is -0.322. The fourth-order valence-corrected chi connectivity index (χ4v) is 3.10. The van der Waals surface area contributed by atoms with Crippen molar-refractivity contribution < 1.29 is 9.59 Å². The normalized spacial score (nSPS) is 24.4. The van der Waals surface area contributed by atoms with Gasteiger partial charge in [-0.1, -0.05) is 60.3 Å². The highest BCUT2D eigenvalue weighted by molar-refractivity contribution is 5.97. The van der Waals surface area contributed by atoms with Crippen LogP contribution in [-0.2, 0) is 9.59 Å². The van der Waals surface area contributed by atoms with Crippen molar-refractivity contribution in [3.05, 3.63) is 0 Å². The predicted octanol–water partition coefficient (Wildman–Crippen LogP) is 2.96. The molecule has 3 unspecified atom stereocenters. The van der Waals surface area contributed by atoms with Crippen molar-refractivity contribution in [1.82, 2.24) is 10.2 Å². The third-order valence-electron chi connectivity index (χ3n) is 4.87. The van der Waals surface area contributed by atoms with Crippen LogP contribution in [0.1, 0.15) is 66.7 Å². The van der Waals surface area contributed by atoms with Gasteiger partial charge in [0.1, 0.15) is 12.1 Å². The zero-order chi connectivity index (χ0) is 16.0. The Morgan fingerprint density at radius 1 is 1.10 bits per heavy atom. The van der Waals surface area contributed by atoms with Crippen LogP contribution < -0.4 is 5.32 Å². The van der Waals surface area contributed by atoms with Crippen LogP contribution in [0.5, 0.6) is 0 Å². The summed E-state index contributed by atoms with van der Waals surface area (Å²) in [6, 6.07) is -0.617. The van der Waals surface area contributed by atoms with Gasteiger partial charge in [0.15, 0.2) is 0 Å². The molecule has 0 aromatic rings. The Morgan fingerprint density at radius 3 is 2.19 bits per heavy atom. The Morgan fingerprint density at radius 2 is 1.71 bits per heavy atom. The van der Waals surface area contributed by atoms with E-state index >= 15 is 0 Å². The standard InChI is InChI=1S/C17H32N2O2/c1-6-10-14-17(21)19(11-13(8-3)9-4)15(12(5)7-2)16(20)18-14/h12-15H,6-11H2,1-5H3,(H,18,20). The highest BCUT2D eigenvalue weighted by Gasteiger charge is 2.42. The molecule has 0 aromatic carbocycles. The maximum absolute atomic E-state index is 12.8. The van der Waals surface area contributed by atoms with E-state index in [1.165, 1.54) is 0 Å². The quantitative estimate of drug-likeness (QED) is 0.748. The molecular formula is C17H32N2O2. The van der Waals surface area contributed by atoms with Crippen LogP contribution in [-0.4, -0.2) is 35.3 Å². The lowest BCUT2D eigenvalue weighted by Gasteiger charge is -2.42. The third kappa shape index (κ3) is 4.21. The Kier molecular flexibility index (Phi) is 7.20. The molecule has 0 spiro atoms. The minimum absolute atomic E-state index is 0.0355. The lowest BCUT2D eigenvalue weighted by Crippen LogP contribution is -2.65. The first-order valence-corrected chi connectivity index (χ1v) is 8.60. The molecule has 1 fully saturated rings. The summed E-state index contributed by atoms with van der Waals surface area (Å²) in [5.41, 5.74) is 0. The fourth-order valence-electron chi connectivity index (χ4n) is 3.10. The second-order valence-electron chi connectivity index (χ2n) is 6.35. The number of amides is 2. The molecule has 0 aromatic heterocycles. The van der Waals surface area contributed by atoms with Crippen LogP contribution in [0.4, 0.5) is 0 Å². The second kappa shape index (κ2) is 8.40. The average molecular weight is 296 g/mol. The Balaban J connectivity index is 2.99. The van der Waals surface area contributed by atoms with Crippen molar-refractivity contribution >= 4 is 11.8 Å². The van der Waals surface area contributed by atoms with Gasteiger partial charge in [-0.3, -0.25) is 9.59 Å². The monoisotopic (exact) mass is 296 g/mol. The van der Waals surface area contributed by atoms with Crippen LogP contribution in [0.15, 0.2) is 0 Å². The van der Waals surface area contributed by atoms with Crippen LogP contribution in [0, 0.1) is 11.8 Å². The van der Waals surface area contributed by atoms with E-state index in [9.17, 15) is 9.59 Å². The molecule has 2 amide bonds. The van der Waals surface area contributed by atoms with Gasteiger partial charge in [-0.05, 0) is 18.3 Å². The largest absolute Gasteiger partial charge is 0.342 e.